The molecule has 2 aromatic carbocycles. The second-order valence-electron chi connectivity index (χ2n) is 6.37. The number of carbonyl (C=O) groups is 1. The molecule has 0 bridgehead atoms. The normalized spacial score (nSPS) is 11.1. The Kier molecular flexibility index (Phi) is 4.03. The first-order valence-corrected chi connectivity index (χ1v) is 8.36. The van der Waals surface area contributed by atoms with Crippen molar-refractivity contribution >= 4 is 17.5 Å². The summed E-state index contributed by atoms with van der Waals surface area (Å²) in [6.07, 6.45) is 1.36. The maximum absolute atomic E-state index is 14.6. The van der Waals surface area contributed by atoms with Gasteiger partial charge < -0.3 is 11.5 Å². The summed E-state index contributed by atoms with van der Waals surface area (Å²) in [7, 11) is 0. The van der Waals surface area contributed by atoms with Crippen molar-refractivity contribution in [3.63, 3.8) is 0 Å². The monoisotopic (exact) mass is 379 g/mol. The number of nitrogens with two attached hydrogens (primary N) is 2. The summed E-state index contributed by atoms with van der Waals surface area (Å²) in [6, 6.07) is 10.7. The molecule has 4 rings (SSSR count). The van der Waals surface area contributed by atoms with Gasteiger partial charge in [0, 0.05) is 23.4 Å². The summed E-state index contributed by atoms with van der Waals surface area (Å²) in [5, 5.41) is 0. The van der Waals surface area contributed by atoms with Crippen LogP contribution in [0.4, 0.5) is 14.6 Å². The van der Waals surface area contributed by atoms with E-state index in [1.54, 1.807) is 0 Å². The van der Waals surface area contributed by atoms with Crippen LogP contribution in [-0.4, -0.2) is 20.3 Å². The van der Waals surface area contributed by atoms with Crippen LogP contribution in [0.5, 0.6) is 0 Å². The van der Waals surface area contributed by atoms with Crippen molar-refractivity contribution in [2.75, 3.05) is 5.73 Å². The molecule has 140 valence electrons. The number of halogens is 2. The molecule has 2 heterocycles. The highest BCUT2D eigenvalue weighted by atomic mass is 19.1. The van der Waals surface area contributed by atoms with E-state index in [0.717, 1.165) is 17.7 Å². The molecule has 4 N–H and O–H groups in total. The standard InChI is InChI=1S/C20H15F2N5O/c1-10-2-4-11(5-3-10)16-17(13-7-6-12(21)8-15(13)22)27-9-14(19(24)28)18(23)26-20(27)25-16/h2-9H,1H3,(H2,24,28)(H2,23,25,26). The quantitative estimate of drug-likeness (QED) is 0.570. The molecule has 0 aliphatic rings. The average Bonchev–Trinajstić information content (AvgIpc) is 2.99. The van der Waals surface area contributed by atoms with Gasteiger partial charge in [0.1, 0.15) is 17.5 Å². The van der Waals surface area contributed by atoms with Crippen molar-refractivity contribution in [3.05, 3.63) is 71.4 Å². The third kappa shape index (κ3) is 2.84. The molecule has 0 saturated carbocycles. The fourth-order valence-corrected chi connectivity index (χ4v) is 3.03. The molecule has 0 unspecified atom stereocenters. The zero-order chi connectivity index (χ0) is 20.0. The molecule has 1 amide bonds. The molecule has 6 nitrogen and oxygen atoms in total. The number of hydrogen-bond donors (Lipinski definition) is 2. The van der Waals surface area contributed by atoms with E-state index < -0.39 is 17.5 Å². The zero-order valence-electron chi connectivity index (χ0n) is 14.8. The first kappa shape index (κ1) is 17.6. The second-order valence-corrected chi connectivity index (χ2v) is 6.37. The van der Waals surface area contributed by atoms with Crippen molar-refractivity contribution in [1.29, 1.82) is 0 Å². The van der Waals surface area contributed by atoms with Crippen LogP contribution in [0.25, 0.3) is 28.3 Å². The number of nitrogens with zero attached hydrogens (tertiary/aromatic N) is 3. The van der Waals surface area contributed by atoms with Gasteiger partial charge in [-0.2, -0.15) is 4.98 Å². The summed E-state index contributed by atoms with van der Waals surface area (Å²) in [5.41, 5.74) is 13.7. The Balaban J connectivity index is 2.10. The van der Waals surface area contributed by atoms with E-state index in [0.29, 0.717) is 17.0 Å². The predicted molar refractivity (Wildman–Crippen MR) is 101 cm³/mol. The van der Waals surface area contributed by atoms with Crippen LogP contribution < -0.4 is 11.5 Å². The number of aromatic nitrogens is 3. The van der Waals surface area contributed by atoms with E-state index in [2.05, 4.69) is 9.97 Å². The first-order valence-electron chi connectivity index (χ1n) is 8.36. The predicted octanol–water partition coefficient (Wildman–Crippen LogP) is 3.33. The van der Waals surface area contributed by atoms with Gasteiger partial charge in [-0.15, -0.1) is 0 Å². The van der Waals surface area contributed by atoms with Gasteiger partial charge in [0.05, 0.1) is 17.0 Å². The zero-order valence-corrected chi connectivity index (χ0v) is 14.8. The maximum atomic E-state index is 14.6. The Morgan fingerprint density at radius 1 is 1.07 bits per heavy atom. The number of fused-ring (bicyclic) bond motifs is 1. The third-order valence-electron chi connectivity index (χ3n) is 4.42. The van der Waals surface area contributed by atoms with E-state index in [1.807, 2.05) is 31.2 Å². The fourth-order valence-electron chi connectivity index (χ4n) is 3.03. The summed E-state index contributed by atoms with van der Waals surface area (Å²) in [5.74, 6) is -2.16. The number of carbonyl (C=O) groups excluding carboxylic acids is 1. The Morgan fingerprint density at radius 2 is 1.79 bits per heavy atom. The van der Waals surface area contributed by atoms with Crippen LogP contribution in [0.3, 0.4) is 0 Å². The van der Waals surface area contributed by atoms with Gasteiger partial charge in [-0.3, -0.25) is 9.20 Å². The van der Waals surface area contributed by atoms with Crippen LogP contribution in [0.1, 0.15) is 15.9 Å². The maximum Gasteiger partial charge on any atom is 0.253 e. The molecule has 8 heteroatoms. The van der Waals surface area contributed by atoms with E-state index in [1.165, 1.54) is 16.7 Å². The number of rotatable bonds is 3. The molecular formula is C20H15F2N5O. The Morgan fingerprint density at radius 3 is 2.43 bits per heavy atom. The van der Waals surface area contributed by atoms with Crippen molar-refractivity contribution in [2.24, 2.45) is 5.73 Å². The Hall–Kier alpha value is -3.81. The molecule has 0 saturated heterocycles. The molecule has 0 spiro atoms. The van der Waals surface area contributed by atoms with Gasteiger partial charge in [-0.25, -0.2) is 13.8 Å². The third-order valence-corrected chi connectivity index (χ3v) is 4.42. The number of benzene rings is 2. The Bertz CT molecular complexity index is 1230. The molecule has 28 heavy (non-hydrogen) atoms. The minimum absolute atomic E-state index is 0.0240. The Labute approximate surface area is 158 Å². The van der Waals surface area contributed by atoms with E-state index >= 15 is 0 Å². The van der Waals surface area contributed by atoms with E-state index in [9.17, 15) is 13.6 Å². The number of nitrogen functional groups attached to an aromatic ring is 1. The molecule has 0 aliphatic heterocycles. The second kappa shape index (κ2) is 6.41. The lowest BCUT2D eigenvalue weighted by Gasteiger charge is -2.09. The van der Waals surface area contributed by atoms with Gasteiger partial charge in [0.25, 0.3) is 5.91 Å². The van der Waals surface area contributed by atoms with Crippen molar-refractivity contribution in [2.45, 2.75) is 6.92 Å². The van der Waals surface area contributed by atoms with Crippen LogP contribution in [0, 0.1) is 18.6 Å². The molecular weight excluding hydrogens is 364 g/mol. The van der Waals surface area contributed by atoms with Crippen molar-refractivity contribution < 1.29 is 13.6 Å². The average molecular weight is 379 g/mol. The van der Waals surface area contributed by atoms with Gasteiger partial charge in [-0.1, -0.05) is 29.8 Å². The summed E-state index contributed by atoms with van der Waals surface area (Å²) in [6.45, 7) is 1.94. The number of aryl methyl sites for hydroxylation is 1. The lowest BCUT2D eigenvalue weighted by atomic mass is 10.0. The smallest absolute Gasteiger partial charge is 0.253 e. The van der Waals surface area contributed by atoms with Crippen molar-refractivity contribution in [3.8, 4) is 22.5 Å². The highest BCUT2D eigenvalue weighted by Crippen LogP contribution is 2.34. The molecule has 0 radical (unpaired) electrons. The summed E-state index contributed by atoms with van der Waals surface area (Å²) < 4.78 is 29.5. The molecule has 0 atom stereocenters. The SMILES string of the molecule is Cc1ccc(-c2nc3nc(N)c(C(N)=O)cn3c2-c2ccc(F)cc2F)cc1. The topological polar surface area (TPSA) is 99.3 Å². The van der Waals surface area contributed by atoms with Crippen LogP contribution in [-0.2, 0) is 0 Å². The largest absolute Gasteiger partial charge is 0.383 e. The molecule has 2 aromatic heterocycles. The molecule has 0 fully saturated rings. The first-order chi connectivity index (χ1) is 13.3. The number of imidazole rings is 1. The number of primary amides is 1. The van der Waals surface area contributed by atoms with Crippen LogP contribution >= 0.6 is 0 Å². The van der Waals surface area contributed by atoms with Gasteiger partial charge >= 0.3 is 0 Å². The minimum Gasteiger partial charge on any atom is -0.383 e. The van der Waals surface area contributed by atoms with Gasteiger partial charge in [0.2, 0.25) is 5.78 Å². The molecule has 4 aromatic rings. The summed E-state index contributed by atoms with van der Waals surface area (Å²) >= 11 is 0. The van der Waals surface area contributed by atoms with Crippen LogP contribution in [0.15, 0.2) is 48.7 Å². The highest BCUT2D eigenvalue weighted by molar-refractivity contribution is 5.97. The molecule has 0 aliphatic carbocycles. The summed E-state index contributed by atoms with van der Waals surface area (Å²) in [4.78, 5) is 20.3. The van der Waals surface area contributed by atoms with E-state index in [-0.39, 0.29) is 22.7 Å². The lowest BCUT2D eigenvalue weighted by Crippen LogP contribution is -2.16. The van der Waals surface area contributed by atoms with Gasteiger partial charge in [0.15, 0.2) is 0 Å². The number of hydrogen-bond acceptors (Lipinski definition) is 4. The van der Waals surface area contributed by atoms with E-state index in [4.69, 9.17) is 11.5 Å². The van der Waals surface area contributed by atoms with Gasteiger partial charge in [-0.05, 0) is 19.1 Å². The highest BCUT2D eigenvalue weighted by Gasteiger charge is 2.22. The lowest BCUT2D eigenvalue weighted by molar-refractivity contribution is 0.100. The van der Waals surface area contributed by atoms with Crippen molar-refractivity contribution in [1.82, 2.24) is 14.4 Å². The number of amides is 1. The fraction of sp³-hybridized carbons (Fsp3) is 0.0500. The minimum atomic E-state index is -0.775. The van der Waals surface area contributed by atoms with Crippen LogP contribution in [0.2, 0.25) is 0 Å². The number of anilines is 1.